The van der Waals surface area contributed by atoms with Gasteiger partial charge in [-0.25, -0.2) is 21.6 Å². The van der Waals surface area contributed by atoms with Crippen LogP contribution in [0.3, 0.4) is 0 Å². The van der Waals surface area contributed by atoms with Gasteiger partial charge in [0.25, 0.3) is 10.0 Å². The number of rotatable bonds is 3. The molecule has 5 nitrogen and oxygen atoms in total. The first kappa shape index (κ1) is 13.4. The molecule has 0 spiro atoms. The van der Waals surface area contributed by atoms with Gasteiger partial charge in [0, 0.05) is 17.7 Å². The molecule has 9 heteroatoms. The number of hydrogen-bond donors (Lipinski definition) is 2. The van der Waals surface area contributed by atoms with Crippen LogP contribution in [0.25, 0.3) is 0 Å². The van der Waals surface area contributed by atoms with E-state index in [1.54, 1.807) is 6.92 Å². The molecular weight excluding hydrogens is 283 g/mol. The number of benzene rings is 1. The Hall–Kier alpha value is -2.03. The number of aromatic amines is 1. The molecule has 0 amide bonds. The Morgan fingerprint density at radius 3 is 2.26 bits per heavy atom. The third-order valence-electron chi connectivity index (χ3n) is 2.30. The maximum Gasteiger partial charge on any atom is 0.268 e. The molecule has 0 fully saturated rings. The average molecular weight is 291 g/mol. The smallest absolute Gasteiger partial charge is 0.263 e. The number of H-pyrrole nitrogens is 1. The first-order valence-corrected chi connectivity index (χ1v) is 6.47. The molecule has 0 aliphatic heterocycles. The van der Waals surface area contributed by atoms with Crippen LogP contribution in [0.5, 0.6) is 0 Å². The molecular formula is C10H8F3N3O2S. The summed E-state index contributed by atoms with van der Waals surface area (Å²) in [5, 5.41) is 5.88. The number of sulfonamides is 1. The molecule has 1 aromatic heterocycles. The van der Waals surface area contributed by atoms with E-state index in [1.807, 2.05) is 4.72 Å². The first-order valence-electron chi connectivity index (χ1n) is 4.98. The summed E-state index contributed by atoms with van der Waals surface area (Å²) in [5.41, 5.74) is 0.437. The molecule has 0 aliphatic carbocycles. The average Bonchev–Trinajstić information content (AvgIpc) is 2.61. The number of halogens is 3. The summed E-state index contributed by atoms with van der Waals surface area (Å²) in [6, 6.07) is 0.578. The van der Waals surface area contributed by atoms with Crippen LogP contribution in [0.2, 0.25) is 0 Å². The Balaban J connectivity index is 2.49. The topological polar surface area (TPSA) is 74.8 Å². The van der Waals surface area contributed by atoms with Gasteiger partial charge in [0.2, 0.25) is 0 Å². The largest absolute Gasteiger partial charge is 0.268 e. The summed E-state index contributed by atoms with van der Waals surface area (Å²) in [7, 11) is -4.52. The van der Waals surface area contributed by atoms with E-state index >= 15 is 0 Å². The van der Waals surface area contributed by atoms with Gasteiger partial charge < -0.3 is 0 Å². The van der Waals surface area contributed by atoms with Crippen LogP contribution in [0, 0.1) is 24.4 Å². The summed E-state index contributed by atoms with van der Waals surface area (Å²) < 4.78 is 65.2. The normalized spacial score (nSPS) is 11.6. The molecule has 0 radical (unpaired) electrons. The maximum absolute atomic E-state index is 13.4. The van der Waals surface area contributed by atoms with Crippen molar-refractivity contribution in [1.82, 2.24) is 10.2 Å². The van der Waals surface area contributed by atoms with Crippen LogP contribution in [0.15, 0.2) is 23.2 Å². The van der Waals surface area contributed by atoms with Crippen LogP contribution in [-0.4, -0.2) is 18.6 Å². The SMILES string of the molecule is Cc1cn[nH]c1NS(=O)(=O)c1c(F)cc(F)cc1F. The second-order valence-electron chi connectivity index (χ2n) is 3.73. The Morgan fingerprint density at radius 1 is 1.21 bits per heavy atom. The van der Waals surface area contributed by atoms with Gasteiger partial charge in [-0.15, -0.1) is 0 Å². The van der Waals surface area contributed by atoms with E-state index in [1.165, 1.54) is 6.20 Å². The monoisotopic (exact) mass is 291 g/mol. The van der Waals surface area contributed by atoms with Gasteiger partial charge in [-0.2, -0.15) is 5.10 Å². The molecule has 19 heavy (non-hydrogen) atoms. The minimum absolute atomic E-state index is 0.0249. The van der Waals surface area contributed by atoms with E-state index in [2.05, 4.69) is 10.2 Å². The van der Waals surface area contributed by atoms with Crippen LogP contribution in [0.4, 0.5) is 19.0 Å². The quantitative estimate of drug-likeness (QED) is 0.907. The molecule has 0 aliphatic rings. The molecule has 2 N–H and O–H groups in total. The van der Waals surface area contributed by atoms with Gasteiger partial charge in [-0.3, -0.25) is 9.82 Å². The number of anilines is 1. The lowest BCUT2D eigenvalue weighted by atomic mass is 10.3. The lowest BCUT2D eigenvalue weighted by Crippen LogP contribution is -2.17. The van der Waals surface area contributed by atoms with Crippen molar-refractivity contribution in [1.29, 1.82) is 0 Å². The van der Waals surface area contributed by atoms with Gasteiger partial charge >= 0.3 is 0 Å². The number of nitrogens with zero attached hydrogens (tertiary/aromatic N) is 1. The molecule has 1 heterocycles. The molecule has 0 atom stereocenters. The Labute approximate surface area is 106 Å². The second kappa shape index (κ2) is 4.57. The molecule has 0 bridgehead atoms. The fourth-order valence-electron chi connectivity index (χ4n) is 1.42. The third kappa shape index (κ3) is 2.55. The molecule has 0 saturated carbocycles. The second-order valence-corrected chi connectivity index (χ2v) is 5.35. The van der Waals surface area contributed by atoms with E-state index in [-0.39, 0.29) is 18.0 Å². The molecule has 102 valence electrons. The maximum atomic E-state index is 13.4. The van der Waals surface area contributed by atoms with Crippen molar-refractivity contribution in [2.24, 2.45) is 0 Å². The van der Waals surface area contributed by atoms with Gasteiger partial charge in [0.15, 0.2) is 4.90 Å². The third-order valence-corrected chi connectivity index (χ3v) is 3.70. The summed E-state index contributed by atoms with van der Waals surface area (Å²) in [6.45, 7) is 1.54. The standard InChI is InChI=1S/C10H8F3N3O2S/c1-5-4-14-15-10(5)16-19(17,18)9-7(12)2-6(11)3-8(9)13/h2-4H,1H3,(H2,14,15,16). The van der Waals surface area contributed by atoms with Gasteiger partial charge in [0.1, 0.15) is 23.3 Å². The first-order chi connectivity index (χ1) is 8.81. The minimum atomic E-state index is -4.52. The zero-order valence-electron chi connectivity index (χ0n) is 9.54. The predicted octanol–water partition coefficient (Wildman–Crippen LogP) is 1.94. The molecule has 1 aromatic carbocycles. The summed E-state index contributed by atoms with van der Waals surface area (Å²) in [6.07, 6.45) is 1.33. The summed E-state index contributed by atoms with van der Waals surface area (Å²) in [4.78, 5) is -1.25. The van der Waals surface area contributed by atoms with Gasteiger partial charge in [-0.1, -0.05) is 0 Å². The number of hydrogen-bond acceptors (Lipinski definition) is 3. The summed E-state index contributed by atoms with van der Waals surface area (Å²) in [5.74, 6) is -4.25. The highest BCUT2D eigenvalue weighted by Crippen LogP contribution is 2.23. The lowest BCUT2D eigenvalue weighted by Gasteiger charge is -2.08. The summed E-state index contributed by atoms with van der Waals surface area (Å²) >= 11 is 0. The van der Waals surface area contributed by atoms with Crippen LogP contribution >= 0.6 is 0 Å². The van der Waals surface area contributed by atoms with Crippen LogP contribution < -0.4 is 4.72 Å². The Kier molecular flexibility index (Phi) is 3.23. The Morgan fingerprint density at radius 2 is 1.79 bits per heavy atom. The predicted molar refractivity (Wildman–Crippen MR) is 60.4 cm³/mol. The van der Waals surface area contributed by atoms with Crippen molar-refractivity contribution >= 4 is 15.8 Å². The van der Waals surface area contributed by atoms with E-state index in [0.29, 0.717) is 5.56 Å². The molecule has 0 unspecified atom stereocenters. The van der Waals surface area contributed by atoms with Crippen LogP contribution in [-0.2, 0) is 10.0 Å². The van der Waals surface area contributed by atoms with E-state index in [9.17, 15) is 21.6 Å². The zero-order valence-corrected chi connectivity index (χ0v) is 10.4. The number of nitrogens with one attached hydrogen (secondary N) is 2. The van der Waals surface area contributed by atoms with Crippen molar-refractivity contribution in [3.05, 3.63) is 41.3 Å². The van der Waals surface area contributed by atoms with Gasteiger partial charge in [0.05, 0.1) is 6.20 Å². The fraction of sp³-hybridized carbons (Fsp3) is 0.100. The number of aromatic nitrogens is 2. The van der Waals surface area contributed by atoms with Crippen molar-refractivity contribution < 1.29 is 21.6 Å². The molecule has 0 saturated heterocycles. The highest BCUT2D eigenvalue weighted by molar-refractivity contribution is 7.92. The van der Waals surface area contributed by atoms with Crippen molar-refractivity contribution in [2.45, 2.75) is 11.8 Å². The number of aryl methyl sites for hydroxylation is 1. The Bertz CT molecular complexity index is 704. The zero-order chi connectivity index (χ0) is 14.2. The minimum Gasteiger partial charge on any atom is -0.263 e. The molecule has 2 aromatic rings. The van der Waals surface area contributed by atoms with E-state index in [0.717, 1.165) is 0 Å². The van der Waals surface area contributed by atoms with Crippen molar-refractivity contribution in [3.8, 4) is 0 Å². The van der Waals surface area contributed by atoms with Crippen LogP contribution in [0.1, 0.15) is 5.56 Å². The fourth-order valence-corrected chi connectivity index (χ4v) is 2.63. The van der Waals surface area contributed by atoms with Gasteiger partial charge in [-0.05, 0) is 6.92 Å². The van der Waals surface area contributed by atoms with Crippen molar-refractivity contribution in [2.75, 3.05) is 4.72 Å². The van der Waals surface area contributed by atoms with E-state index < -0.39 is 32.4 Å². The van der Waals surface area contributed by atoms with E-state index in [4.69, 9.17) is 0 Å². The highest BCUT2D eigenvalue weighted by atomic mass is 32.2. The highest BCUT2D eigenvalue weighted by Gasteiger charge is 2.26. The molecule has 2 rings (SSSR count). The lowest BCUT2D eigenvalue weighted by molar-refractivity contribution is 0.498. The van der Waals surface area contributed by atoms with Crippen molar-refractivity contribution in [3.63, 3.8) is 0 Å².